The van der Waals surface area contributed by atoms with Crippen LogP contribution in [0.3, 0.4) is 0 Å². The van der Waals surface area contributed by atoms with Crippen LogP contribution >= 0.6 is 15.9 Å². The van der Waals surface area contributed by atoms with E-state index in [1.54, 1.807) is 0 Å². The van der Waals surface area contributed by atoms with E-state index in [1.807, 2.05) is 0 Å². The molecule has 6 nitrogen and oxygen atoms in total. The minimum atomic E-state index is -4.43. The lowest BCUT2D eigenvalue weighted by atomic mass is 10.4. The molecular weight excluding hydrogens is 285 g/mol. The number of hydrogen-bond acceptors (Lipinski definition) is 4. The first-order chi connectivity index (χ1) is 6.80. The summed E-state index contributed by atoms with van der Waals surface area (Å²) in [5, 5.41) is 13.4. The van der Waals surface area contributed by atoms with Gasteiger partial charge in [0.1, 0.15) is 4.83 Å². The van der Waals surface area contributed by atoms with Crippen molar-refractivity contribution >= 4 is 21.9 Å². The Bertz CT molecular complexity index is 365. The molecule has 0 radical (unpaired) electrons. The van der Waals surface area contributed by atoms with Gasteiger partial charge in [0, 0.05) is 5.10 Å². The predicted octanol–water partition coefficient (Wildman–Crippen LogP) is 1.51. The van der Waals surface area contributed by atoms with Crippen LogP contribution in [-0.2, 0) is 6.54 Å². The molecule has 1 unspecified atom stereocenters. The van der Waals surface area contributed by atoms with Crippen LogP contribution in [-0.4, -0.2) is 30.7 Å². The molecule has 1 atom stereocenters. The average molecular weight is 289 g/mol. The molecule has 1 heterocycles. The predicted molar refractivity (Wildman–Crippen MR) is 45.4 cm³/mol. The number of hydrogen-bond donors (Lipinski definition) is 0. The van der Waals surface area contributed by atoms with E-state index in [2.05, 4.69) is 26.0 Å². The number of nitro groups is 1. The lowest BCUT2D eigenvalue weighted by Gasteiger charge is -2.11. The van der Waals surface area contributed by atoms with Gasteiger partial charge in [0.25, 0.3) is 0 Å². The molecule has 15 heavy (non-hydrogen) atoms. The average Bonchev–Trinajstić information content (AvgIpc) is 2.50. The fourth-order valence-corrected chi connectivity index (χ4v) is 1.02. The van der Waals surface area contributed by atoms with Crippen molar-refractivity contribution in [3.63, 3.8) is 0 Å². The molecule has 0 N–H and O–H groups in total. The highest BCUT2D eigenvalue weighted by atomic mass is 79.9. The fourth-order valence-electron chi connectivity index (χ4n) is 0.724. The third kappa shape index (κ3) is 3.15. The molecule has 0 amide bonds. The number of rotatable bonds is 3. The van der Waals surface area contributed by atoms with Gasteiger partial charge in [-0.3, -0.25) is 0 Å². The Morgan fingerprint density at radius 1 is 1.67 bits per heavy atom. The van der Waals surface area contributed by atoms with E-state index < -0.39 is 28.4 Å². The van der Waals surface area contributed by atoms with Crippen LogP contribution in [0.15, 0.2) is 6.33 Å². The van der Waals surface area contributed by atoms with Gasteiger partial charge in [-0.25, -0.2) is 0 Å². The summed E-state index contributed by atoms with van der Waals surface area (Å²) in [5.41, 5.74) is 0. The van der Waals surface area contributed by atoms with Gasteiger partial charge in [0.15, 0.2) is 0 Å². The third-order valence-corrected chi connectivity index (χ3v) is 2.20. The van der Waals surface area contributed by atoms with Crippen LogP contribution in [0.1, 0.15) is 0 Å². The summed E-state index contributed by atoms with van der Waals surface area (Å²) >= 11 is 2.40. The van der Waals surface area contributed by atoms with Crippen molar-refractivity contribution in [3.05, 3.63) is 16.4 Å². The summed E-state index contributed by atoms with van der Waals surface area (Å²) in [6.07, 6.45) is -3.56. The Morgan fingerprint density at radius 2 is 2.27 bits per heavy atom. The molecule has 0 aromatic carbocycles. The molecule has 0 saturated carbocycles. The van der Waals surface area contributed by atoms with Gasteiger partial charge in [-0.05, 0) is 4.92 Å². The van der Waals surface area contributed by atoms with Gasteiger partial charge in [0.2, 0.25) is 6.33 Å². The monoisotopic (exact) mass is 288 g/mol. The van der Waals surface area contributed by atoms with Crippen molar-refractivity contribution in [1.29, 1.82) is 0 Å². The zero-order valence-electron chi connectivity index (χ0n) is 6.98. The van der Waals surface area contributed by atoms with Crippen molar-refractivity contribution in [2.24, 2.45) is 0 Å². The summed E-state index contributed by atoms with van der Waals surface area (Å²) < 4.78 is 36.9. The first kappa shape index (κ1) is 11.9. The molecule has 1 aromatic heterocycles. The van der Waals surface area contributed by atoms with Crippen molar-refractivity contribution in [2.75, 3.05) is 0 Å². The van der Waals surface area contributed by atoms with E-state index in [9.17, 15) is 23.3 Å². The van der Waals surface area contributed by atoms with Crippen LogP contribution in [0.2, 0.25) is 0 Å². The summed E-state index contributed by atoms with van der Waals surface area (Å²) in [4.78, 5) is 10.7. The maximum Gasteiger partial charge on any atom is 0.490 e. The Hall–Kier alpha value is -1.19. The summed E-state index contributed by atoms with van der Waals surface area (Å²) in [7, 11) is 0. The Balaban J connectivity index is 2.69. The summed E-state index contributed by atoms with van der Waals surface area (Å²) in [6, 6.07) is 0. The summed E-state index contributed by atoms with van der Waals surface area (Å²) in [5.74, 6) is -0.725. The normalized spacial score (nSPS) is 13.9. The lowest BCUT2D eigenvalue weighted by Crippen LogP contribution is -2.27. The number of halogens is 4. The van der Waals surface area contributed by atoms with Crippen molar-refractivity contribution in [2.45, 2.75) is 17.5 Å². The number of aromatic nitrogens is 3. The Labute approximate surface area is 89.4 Å². The second kappa shape index (κ2) is 4.13. The van der Waals surface area contributed by atoms with Crippen molar-refractivity contribution in [1.82, 2.24) is 14.8 Å². The SMILES string of the molecule is O=[N+]([O-])c1ncn(CC(Br)C(F)(F)F)n1. The van der Waals surface area contributed by atoms with Gasteiger partial charge < -0.3 is 10.1 Å². The number of nitrogens with zero attached hydrogens (tertiary/aromatic N) is 4. The molecule has 0 aliphatic carbocycles. The van der Waals surface area contributed by atoms with E-state index in [0.717, 1.165) is 11.0 Å². The topological polar surface area (TPSA) is 73.8 Å². The van der Waals surface area contributed by atoms with Crippen LogP contribution in [0.4, 0.5) is 19.1 Å². The summed E-state index contributed by atoms with van der Waals surface area (Å²) in [6.45, 7) is -0.565. The lowest BCUT2D eigenvalue weighted by molar-refractivity contribution is -0.394. The molecule has 0 bridgehead atoms. The van der Waals surface area contributed by atoms with Crippen molar-refractivity contribution < 1.29 is 18.1 Å². The third-order valence-electron chi connectivity index (χ3n) is 1.39. The highest BCUT2D eigenvalue weighted by Crippen LogP contribution is 2.27. The maximum atomic E-state index is 12.1. The Morgan fingerprint density at radius 3 is 2.67 bits per heavy atom. The Kier molecular flexibility index (Phi) is 3.27. The quantitative estimate of drug-likeness (QED) is 0.480. The minimum absolute atomic E-state index is 0.565. The second-order valence-electron chi connectivity index (χ2n) is 2.53. The molecule has 0 fully saturated rings. The molecule has 0 spiro atoms. The highest BCUT2D eigenvalue weighted by molar-refractivity contribution is 9.09. The van der Waals surface area contributed by atoms with Crippen LogP contribution in [0, 0.1) is 10.1 Å². The van der Waals surface area contributed by atoms with Crippen LogP contribution in [0.25, 0.3) is 0 Å². The van der Waals surface area contributed by atoms with Crippen LogP contribution < -0.4 is 0 Å². The zero-order valence-corrected chi connectivity index (χ0v) is 8.57. The van der Waals surface area contributed by atoms with E-state index in [-0.39, 0.29) is 0 Å². The second-order valence-corrected chi connectivity index (χ2v) is 3.64. The molecule has 84 valence electrons. The van der Waals surface area contributed by atoms with Gasteiger partial charge in [-0.2, -0.15) is 17.9 Å². The largest absolute Gasteiger partial charge is 0.490 e. The first-order valence-electron chi connectivity index (χ1n) is 3.55. The molecule has 0 aliphatic rings. The highest BCUT2D eigenvalue weighted by Gasteiger charge is 2.38. The molecule has 0 saturated heterocycles. The standard InChI is InChI=1S/C5H4BrF3N4O2/c6-3(5(7,8)9)1-12-2-10-4(11-12)13(14)15/h2-3H,1H2. The van der Waals surface area contributed by atoms with Gasteiger partial charge in [-0.1, -0.05) is 20.9 Å². The fraction of sp³-hybridized carbons (Fsp3) is 0.600. The molecular formula is C5H4BrF3N4O2. The van der Waals surface area contributed by atoms with Crippen molar-refractivity contribution in [3.8, 4) is 0 Å². The zero-order chi connectivity index (χ0) is 11.6. The number of alkyl halides is 4. The van der Waals surface area contributed by atoms with Gasteiger partial charge in [0.05, 0.1) is 6.54 Å². The molecule has 0 aliphatic heterocycles. The maximum absolute atomic E-state index is 12.1. The first-order valence-corrected chi connectivity index (χ1v) is 4.47. The van der Waals surface area contributed by atoms with E-state index >= 15 is 0 Å². The van der Waals surface area contributed by atoms with E-state index in [0.29, 0.717) is 0 Å². The van der Waals surface area contributed by atoms with E-state index in [4.69, 9.17) is 0 Å². The smallest absolute Gasteiger partial charge is 0.390 e. The minimum Gasteiger partial charge on any atom is -0.390 e. The molecule has 1 aromatic rings. The van der Waals surface area contributed by atoms with Gasteiger partial charge >= 0.3 is 12.1 Å². The van der Waals surface area contributed by atoms with Gasteiger partial charge in [-0.15, -0.1) is 0 Å². The molecule has 10 heteroatoms. The van der Waals surface area contributed by atoms with E-state index in [1.165, 1.54) is 0 Å². The molecule has 1 rings (SSSR count). The van der Waals surface area contributed by atoms with Crippen LogP contribution in [0.5, 0.6) is 0 Å².